The van der Waals surface area contributed by atoms with Crippen molar-refractivity contribution in [3.05, 3.63) is 69.8 Å². The molecule has 2 aromatic carbocycles. The number of hydrogen-bond donors (Lipinski definition) is 0. The normalized spacial score (nSPS) is 14.4. The number of aryl methyl sites for hydroxylation is 1. The van der Waals surface area contributed by atoms with Crippen LogP contribution in [0.2, 0.25) is 0 Å². The average molecular weight is 381 g/mol. The lowest BCUT2D eigenvalue weighted by Gasteiger charge is -2.35. The summed E-state index contributed by atoms with van der Waals surface area (Å²) in [5, 5.41) is 10.8. The highest BCUT2D eigenvalue weighted by atomic mass is 16.6. The molecule has 146 valence electrons. The van der Waals surface area contributed by atoms with Crippen molar-refractivity contribution in [3.63, 3.8) is 0 Å². The van der Waals surface area contributed by atoms with Crippen LogP contribution in [-0.2, 0) is 4.79 Å². The lowest BCUT2D eigenvalue weighted by atomic mass is 10.1. The largest absolute Gasteiger partial charge is 0.496 e. The van der Waals surface area contributed by atoms with Crippen molar-refractivity contribution in [1.82, 2.24) is 4.90 Å². The molecule has 0 saturated carbocycles. The number of anilines is 1. The van der Waals surface area contributed by atoms with Crippen molar-refractivity contribution in [1.29, 1.82) is 0 Å². The van der Waals surface area contributed by atoms with Gasteiger partial charge in [0.2, 0.25) is 5.91 Å². The molecule has 0 bridgehead atoms. The molecule has 1 heterocycles. The zero-order chi connectivity index (χ0) is 20.1. The van der Waals surface area contributed by atoms with E-state index in [1.807, 2.05) is 25.1 Å². The van der Waals surface area contributed by atoms with Crippen molar-refractivity contribution in [3.8, 4) is 5.75 Å². The first-order valence-corrected chi connectivity index (χ1v) is 9.09. The van der Waals surface area contributed by atoms with Crippen LogP contribution in [0.15, 0.2) is 48.5 Å². The Balaban J connectivity index is 1.59. The Morgan fingerprint density at radius 2 is 1.79 bits per heavy atom. The lowest BCUT2D eigenvalue weighted by Crippen LogP contribution is -2.48. The highest BCUT2D eigenvalue weighted by Gasteiger charge is 2.20. The molecule has 0 spiro atoms. The molecule has 1 aliphatic heterocycles. The summed E-state index contributed by atoms with van der Waals surface area (Å²) in [6.07, 6.45) is 3.37. The summed E-state index contributed by atoms with van der Waals surface area (Å²) in [5.74, 6) is 0.699. The van der Waals surface area contributed by atoms with Crippen LogP contribution < -0.4 is 9.64 Å². The molecule has 3 rings (SSSR count). The summed E-state index contributed by atoms with van der Waals surface area (Å²) in [6.45, 7) is 4.57. The van der Waals surface area contributed by atoms with Gasteiger partial charge in [-0.2, -0.15) is 0 Å². The minimum absolute atomic E-state index is 0.0353. The van der Waals surface area contributed by atoms with Gasteiger partial charge in [0.25, 0.3) is 5.69 Å². The summed E-state index contributed by atoms with van der Waals surface area (Å²) in [4.78, 5) is 26.8. The van der Waals surface area contributed by atoms with E-state index in [9.17, 15) is 14.9 Å². The van der Waals surface area contributed by atoms with E-state index in [2.05, 4.69) is 4.90 Å². The molecule has 0 radical (unpaired) electrons. The third-order valence-corrected chi connectivity index (χ3v) is 4.81. The van der Waals surface area contributed by atoms with Gasteiger partial charge in [0, 0.05) is 55.6 Å². The molecule has 1 fully saturated rings. The summed E-state index contributed by atoms with van der Waals surface area (Å²) >= 11 is 0. The Bertz CT molecular complexity index is 885. The third kappa shape index (κ3) is 4.49. The molecule has 0 atom stereocenters. The van der Waals surface area contributed by atoms with E-state index in [-0.39, 0.29) is 11.6 Å². The van der Waals surface area contributed by atoms with E-state index >= 15 is 0 Å². The number of hydrogen-bond acceptors (Lipinski definition) is 5. The number of nitrogens with zero attached hydrogens (tertiary/aromatic N) is 3. The van der Waals surface area contributed by atoms with Crippen molar-refractivity contribution in [2.24, 2.45) is 0 Å². The van der Waals surface area contributed by atoms with Crippen molar-refractivity contribution < 1.29 is 14.5 Å². The SMILES string of the molecule is COc1ccc(C)cc1/C=C/C(=O)N1CCN(c2ccc([N+](=O)[O-])cc2)CC1. The van der Waals surface area contributed by atoms with Crippen LogP contribution in [0, 0.1) is 17.0 Å². The van der Waals surface area contributed by atoms with Gasteiger partial charge >= 0.3 is 0 Å². The number of nitro groups is 1. The Morgan fingerprint density at radius 1 is 1.11 bits per heavy atom. The number of amides is 1. The summed E-state index contributed by atoms with van der Waals surface area (Å²) in [7, 11) is 1.61. The maximum Gasteiger partial charge on any atom is 0.269 e. The summed E-state index contributed by atoms with van der Waals surface area (Å²) in [6, 6.07) is 12.3. The molecule has 7 nitrogen and oxygen atoms in total. The maximum atomic E-state index is 12.5. The molecule has 0 N–H and O–H groups in total. The Hall–Kier alpha value is -3.35. The van der Waals surface area contributed by atoms with Gasteiger partial charge in [-0.25, -0.2) is 0 Å². The third-order valence-electron chi connectivity index (χ3n) is 4.81. The van der Waals surface area contributed by atoms with Gasteiger partial charge in [-0.3, -0.25) is 14.9 Å². The van der Waals surface area contributed by atoms with Gasteiger partial charge in [-0.05, 0) is 37.3 Å². The summed E-state index contributed by atoms with van der Waals surface area (Å²) in [5.41, 5.74) is 2.98. The number of methoxy groups -OCH3 is 1. The maximum absolute atomic E-state index is 12.5. The molecule has 2 aromatic rings. The van der Waals surface area contributed by atoms with Crippen LogP contribution in [0.5, 0.6) is 5.75 Å². The van der Waals surface area contributed by atoms with E-state index in [4.69, 9.17) is 4.74 Å². The average Bonchev–Trinajstić information content (AvgIpc) is 2.72. The van der Waals surface area contributed by atoms with E-state index in [1.165, 1.54) is 12.1 Å². The number of carbonyl (C=O) groups is 1. The molecule has 1 amide bonds. The second-order valence-corrected chi connectivity index (χ2v) is 6.66. The van der Waals surface area contributed by atoms with Gasteiger partial charge < -0.3 is 14.5 Å². The van der Waals surface area contributed by atoms with Gasteiger partial charge in [0.1, 0.15) is 5.75 Å². The Labute approximate surface area is 164 Å². The van der Waals surface area contributed by atoms with Crippen molar-refractivity contribution >= 4 is 23.4 Å². The molecule has 1 saturated heterocycles. The Kier molecular flexibility index (Phi) is 5.93. The van der Waals surface area contributed by atoms with E-state index in [0.29, 0.717) is 26.2 Å². The van der Waals surface area contributed by atoms with E-state index < -0.39 is 4.92 Å². The number of benzene rings is 2. The number of ether oxygens (including phenoxy) is 1. The van der Waals surface area contributed by atoms with Crippen molar-refractivity contribution in [2.75, 3.05) is 38.2 Å². The number of nitro benzene ring substituents is 1. The highest BCUT2D eigenvalue weighted by molar-refractivity contribution is 5.92. The predicted molar refractivity (Wildman–Crippen MR) is 109 cm³/mol. The quantitative estimate of drug-likeness (QED) is 0.451. The standard InChI is InChI=1S/C21H23N3O4/c1-16-3-9-20(28-2)17(15-16)4-10-21(25)23-13-11-22(12-14-23)18-5-7-19(8-6-18)24(26)27/h3-10,15H,11-14H2,1-2H3/b10-4+. The molecule has 28 heavy (non-hydrogen) atoms. The topological polar surface area (TPSA) is 75.9 Å². The van der Waals surface area contributed by atoms with Crippen LogP contribution >= 0.6 is 0 Å². The van der Waals surface area contributed by atoms with Crippen molar-refractivity contribution in [2.45, 2.75) is 6.92 Å². The second-order valence-electron chi connectivity index (χ2n) is 6.66. The zero-order valence-electron chi connectivity index (χ0n) is 16.0. The molecule has 0 aromatic heterocycles. The fraction of sp³-hybridized carbons (Fsp3) is 0.286. The van der Waals surface area contributed by atoms with E-state index in [0.717, 1.165) is 22.6 Å². The molecular weight excluding hydrogens is 358 g/mol. The van der Waals surface area contributed by atoms with Gasteiger partial charge in [-0.15, -0.1) is 0 Å². The molecular formula is C21H23N3O4. The first kappa shape index (κ1) is 19.4. The lowest BCUT2D eigenvalue weighted by molar-refractivity contribution is -0.384. The number of non-ortho nitro benzene ring substituents is 1. The minimum Gasteiger partial charge on any atom is -0.496 e. The molecule has 7 heteroatoms. The predicted octanol–water partition coefficient (Wildman–Crippen LogP) is 3.27. The van der Waals surface area contributed by atoms with Crippen LogP contribution in [0.4, 0.5) is 11.4 Å². The first-order valence-electron chi connectivity index (χ1n) is 9.09. The molecule has 0 unspecified atom stereocenters. The van der Waals surface area contributed by atoms with Crippen LogP contribution in [0.1, 0.15) is 11.1 Å². The van der Waals surface area contributed by atoms with Crippen LogP contribution in [0.3, 0.4) is 0 Å². The number of carbonyl (C=O) groups excluding carboxylic acids is 1. The Morgan fingerprint density at radius 3 is 2.39 bits per heavy atom. The minimum atomic E-state index is -0.407. The van der Waals surface area contributed by atoms with Gasteiger partial charge in [0.15, 0.2) is 0 Å². The highest BCUT2D eigenvalue weighted by Crippen LogP contribution is 2.22. The van der Waals surface area contributed by atoms with Gasteiger partial charge in [0.05, 0.1) is 12.0 Å². The number of rotatable bonds is 5. The monoisotopic (exact) mass is 381 g/mol. The fourth-order valence-corrected chi connectivity index (χ4v) is 3.22. The summed E-state index contributed by atoms with van der Waals surface area (Å²) < 4.78 is 5.34. The zero-order valence-corrected chi connectivity index (χ0v) is 16.0. The number of piperazine rings is 1. The second kappa shape index (κ2) is 8.56. The van der Waals surface area contributed by atoms with Crippen LogP contribution in [0.25, 0.3) is 6.08 Å². The first-order chi connectivity index (χ1) is 13.5. The smallest absolute Gasteiger partial charge is 0.269 e. The van der Waals surface area contributed by atoms with Gasteiger partial charge in [-0.1, -0.05) is 11.6 Å². The fourth-order valence-electron chi connectivity index (χ4n) is 3.22. The van der Waals surface area contributed by atoms with E-state index in [1.54, 1.807) is 36.3 Å². The van der Waals surface area contributed by atoms with Crippen LogP contribution in [-0.4, -0.2) is 49.0 Å². The molecule has 0 aliphatic carbocycles. The molecule has 1 aliphatic rings.